The highest BCUT2D eigenvalue weighted by molar-refractivity contribution is 7.98. The molecule has 33 heavy (non-hydrogen) atoms. The van der Waals surface area contributed by atoms with E-state index in [9.17, 15) is 9.18 Å². The molecule has 3 aromatic rings. The maximum atomic E-state index is 13.1. The van der Waals surface area contributed by atoms with Crippen molar-refractivity contribution in [3.63, 3.8) is 0 Å². The van der Waals surface area contributed by atoms with E-state index in [1.807, 2.05) is 18.2 Å². The standard InChI is InChI=1S/C26H28FN3O2S/c1-32-23-5-2-4-20(16-23)17-30-14-11-22(12-15-30)29-25(31)24-6-3-13-28-26(24)33-18-19-7-9-21(27)10-8-19/h2-10,13,16,22H,11-12,14-15,17-18H2,1H3,(H,29,31). The summed E-state index contributed by atoms with van der Waals surface area (Å²) in [7, 11) is 1.68. The molecule has 0 radical (unpaired) electrons. The van der Waals surface area contributed by atoms with Gasteiger partial charge in [0, 0.05) is 37.6 Å². The predicted octanol–water partition coefficient (Wildman–Crippen LogP) is 4.92. The summed E-state index contributed by atoms with van der Waals surface area (Å²) in [6, 6.07) is 18.3. The SMILES string of the molecule is COc1cccc(CN2CCC(NC(=O)c3cccnc3SCc3ccc(F)cc3)CC2)c1. The van der Waals surface area contributed by atoms with Gasteiger partial charge in [-0.1, -0.05) is 24.3 Å². The van der Waals surface area contributed by atoms with E-state index < -0.39 is 0 Å². The van der Waals surface area contributed by atoms with Crippen LogP contribution in [0.15, 0.2) is 71.9 Å². The number of rotatable bonds is 8. The second-order valence-electron chi connectivity index (χ2n) is 8.15. The fraction of sp³-hybridized carbons (Fsp3) is 0.308. The van der Waals surface area contributed by atoms with Crippen LogP contribution >= 0.6 is 11.8 Å². The Morgan fingerprint density at radius 3 is 2.67 bits per heavy atom. The van der Waals surface area contributed by atoms with E-state index in [0.717, 1.165) is 43.8 Å². The molecule has 1 N–H and O–H groups in total. The molecule has 1 saturated heterocycles. The van der Waals surface area contributed by atoms with Crippen LogP contribution < -0.4 is 10.1 Å². The summed E-state index contributed by atoms with van der Waals surface area (Å²) in [5.74, 6) is 1.16. The lowest BCUT2D eigenvalue weighted by Gasteiger charge is -2.32. The maximum Gasteiger partial charge on any atom is 0.254 e. The molecule has 5 nitrogen and oxygen atoms in total. The summed E-state index contributed by atoms with van der Waals surface area (Å²) >= 11 is 1.49. The highest BCUT2D eigenvalue weighted by atomic mass is 32.2. The first kappa shape index (κ1) is 23.3. The molecule has 0 saturated carbocycles. The number of carbonyl (C=O) groups is 1. The largest absolute Gasteiger partial charge is 0.497 e. The molecule has 0 unspecified atom stereocenters. The number of likely N-dealkylation sites (tertiary alicyclic amines) is 1. The summed E-state index contributed by atoms with van der Waals surface area (Å²) < 4.78 is 18.4. The number of amides is 1. The van der Waals surface area contributed by atoms with Crippen LogP contribution in [0.1, 0.15) is 34.3 Å². The Hall–Kier alpha value is -2.90. The number of hydrogen-bond donors (Lipinski definition) is 1. The van der Waals surface area contributed by atoms with Gasteiger partial charge in [0.25, 0.3) is 5.91 Å². The van der Waals surface area contributed by atoms with Crippen LogP contribution in [0.2, 0.25) is 0 Å². The molecular weight excluding hydrogens is 437 g/mol. The first-order valence-corrected chi connectivity index (χ1v) is 12.1. The van der Waals surface area contributed by atoms with E-state index in [1.54, 1.807) is 31.5 Å². The number of thioether (sulfide) groups is 1. The smallest absolute Gasteiger partial charge is 0.254 e. The van der Waals surface area contributed by atoms with Crippen molar-refractivity contribution in [2.24, 2.45) is 0 Å². The summed E-state index contributed by atoms with van der Waals surface area (Å²) in [6.07, 6.45) is 3.52. The van der Waals surface area contributed by atoms with Gasteiger partial charge in [0.15, 0.2) is 0 Å². The third kappa shape index (κ3) is 6.55. The monoisotopic (exact) mass is 465 g/mol. The van der Waals surface area contributed by atoms with Crippen molar-refractivity contribution in [3.8, 4) is 5.75 Å². The minimum atomic E-state index is -0.254. The van der Waals surface area contributed by atoms with Gasteiger partial charge < -0.3 is 10.1 Å². The summed E-state index contributed by atoms with van der Waals surface area (Å²) in [5, 5.41) is 3.88. The number of carbonyl (C=O) groups excluding carboxylic acids is 1. The van der Waals surface area contributed by atoms with Crippen LogP contribution in [-0.4, -0.2) is 42.0 Å². The fourth-order valence-electron chi connectivity index (χ4n) is 3.94. The van der Waals surface area contributed by atoms with Crippen molar-refractivity contribution in [2.75, 3.05) is 20.2 Å². The van der Waals surface area contributed by atoms with Crippen molar-refractivity contribution in [3.05, 3.63) is 89.4 Å². The van der Waals surface area contributed by atoms with Crippen molar-refractivity contribution in [1.82, 2.24) is 15.2 Å². The maximum absolute atomic E-state index is 13.1. The lowest BCUT2D eigenvalue weighted by molar-refractivity contribution is 0.0905. The molecule has 1 aliphatic rings. The van der Waals surface area contributed by atoms with Crippen molar-refractivity contribution in [1.29, 1.82) is 0 Å². The number of piperidine rings is 1. The zero-order chi connectivity index (χ0) is 23.0. The number of hydrogen-bond acceptors (Lipinski definition) is 5. The van der Waals surface area contributed by atoms with Gasteiger partial charge in [-0.3, -0.25) is 9.69 Å². The Morgan fingerprint density at radius 1 is 1.12 bits per heavy atom. The van der Waals surface area contributed by atoms with Gasteiger partial charge in [-0.05, 0) is 60.4 Å². The van der Waals surface area contributed by atoms with Crippen LogP contribution in [0.5, 0.6) is 5.75 Å². The Bertz CT molecular complexity index is 1070. The normalized spacial score (nSPS) is 14.7. The van der Waals surface area contributed by atoms with Gasteiger partial charge in [-0.15, -0.1) is 11.8 Å². The number of methoxy groups -OCH3 is 1. The number of benzene rings is 2. The molecule has 1 amide bonds. The van der Waals surface area contributed by atoms with E-state index in [1.165, 1.54) is 29.5 Å². The number of halogens is 1. The van der Waals surface area contributed by atoms with Gasteiger partial charge in [0.05, 0.1) is 12.7 Å². The Morgan fingerprint density at radius 2 is 1.91 bits per heavy atom. The average molecular weight is 466 g/mol. The van der Waals surface area contributed by atoms with Crippen LogP contribution in [0.3, 0.4) is 0 Å². The van der Waals surface area contributed by atoms with E-state index in [0.29, 0.717) is 16.3 Å². The van der Waals surface area contributed by atoms with Crippen LogP contribution in [-0.2, 0) is 12.3 Å². The number of nitrogens with zero attached hydrogens (tertiary/aromatic N) is 2. The molecular formula is C26H28FN3O2S. The van der Waals surface area contributed by atoms with E-state index in [4.69, 9.17) is 4.74 Å². The van der Waals surface area contributed by atoms with Crippen LogP contribution in [0.25, 0.3) is 0 Å². The minimum Gasteiger partial charge on any atom is -0.497 e. The highest BCUT2D eigenvalue weighted by Gasteiger charge is 2.22. The third-order valence-corrected chi connectivity index (χ3v) is 6.84. The molecule has 2 aromatic carbocycles. The van der Waals surface area contributed by atoms with Crippen molar-refractivity contribution in [2.45, 2.75) is 36.2 Å². The predicted molar refractivity (Wildman–Crippen MR) is 129 cm³/mol. The Balaban J connectivity index is 1.29. The molecule has 0 atom stereocenters. The van der Waals surface area contributed by atoms with Crippen molar-refractivity contribution >= 4 is 17.7 Å². The number of pyridine rings is 1. The van der Waals surface area contributed by atoms with Gasteiger partial charge in [-0.2, -0.15) is 0 Å². The summed E-state index contributed by atoms with van der Waals surface area (Å²) in [6.45, 7) is 2.74. The molecule has 1 fully saturated rings. The second-order valence-corrected chi connectivity index (χ2v) is 9.11. The summed E-state index contributed by atoms with van der Waals surface area (Å²) in [4.78, 5) is 19.8. The number of aromatic nitrogens is 1. The zero-order valence-electron chi connectivity index (χ0n) is 18.7. The molecule has 0 aliphatic carbocycles. The van der Waals surface area contributed by atoms with E-state index >= 15 is 0 Å². The Labute approximate surface area is 198 Å². The van der Waals surface area contributed by atoms with Crippen LogP contribution in [0.4, 0.5) is 4.39 Å². The molecule has 4 rings (SSSR count). The van der Waals surface area contributed by atoms with Gasteiger partial charge in [-0.25, -0.2) is 9.37 Å². The fourth-order valence-corrected chi connectivity index (χ4v) is 4.89. The minimum absolute atomic E-state index is 0.0871. The van der Waals surface area contributed by atoms with Gasteiger partial charge in [0.1, 0.15) is 16.6 Å². The first-order valence-electron chi connectivity index (χ1n) is 11.1. The Kier molecular flexibility index (Phi) is 7.96. The topological polar surface area (TPSA) is 54.5 Å². The van der Waals surface area contributed by atoms with Crippen molar-refractivity contribution < 1.29 is 13.9 Å². The molecule has 172 valence electrons. The zero-order valence-corrected chi connectivity index (χ0v) is 19.5. The van der Waals surface area contributed by atoms with Crippen LogP contribution in [0, 0.1) is 5.82 Å². The second kappa shape index (κ2) is 11.3. The third-order valence-electron chi connectivity index (χ3n) is 5.77. The quantitative estimate of drug-likeness (QED) is 0.479. The van der Waals surface area contributed by atoms with E-state index in [-0.39, 0.29) is 17.8 Å². The van der Waals surface area contributed by atoms with Gasteiger partial charge >= 0.3 is 0 Å². The molecule has 7 heteroatoms. The molecule has 2 heterocycles. The van der Waals surface area contributed by atoms with E-state index in [2.05, 4.69) is 27.3 Å². The average Bonchev–Trinajstić information content (AvgIpc) is 2.85. The lowest BCUT2D eigenvalue weighted by atomic mass is 10.0. The summed E-state index contributed by atoms with van der Waals surface area (Å²) in [5.41, 5.74) is 2.81. The highest BCUT2D eigenvalue weighted by Crippen LogP contribution is 2.25. The molecule has 1 aromatic heterocycles. The number of nitrogens with one attached hydrogen (secondary N) is 1. The molecule has 0 spiro atoms. The lowest BCUT2D eigenvalue weighted by Crippen LogP contribution is -2.44. The first-order chi connectivity index (χ1) is 16.1. The number of ether oxygens (including phenoxy) is 1. The van der Waals surface area contributed by atoms with Gasteiger partial charge in [0.2, 0.25) is 0 Å². The molecule has 1 aliphatic heterocycles. The molecule has 0 bridgehead atoms.